The number of hydrogen-bond acceptors (Lipinski definition) is 4. The zero-order valence-electron chi connectivity index (χ0n) is 13.9. The Hall–Kier alpha value is -2.74. The van der Waals surface area contributed by atoms with Crippen LogP contribution in [-0.2, 0) is 20.0 Å². The molecule has 0 amide bonds. The van der Waals surface area contributed by atoms with Gasteiger partial charge in [-0.2, -0.15) is 8.42 Å². The molecule has 0 saturated carbocycles. The minimum Gasteiger partial charge on any atom is -0.282 e. The van der Waals surface area contributed by atoms with Crippen LogP contribution in [0.25, 0.3) is 21.5 Å². The predicted octanol–water partition coefficient (Wildman–Crippen LogP) is 4.07. The second-order valence-corrected chi connectivity index (χ2v) is 9.31. The normalized spacial score (nSPS) is 12.5. The van der Waals surface area contributed by atoms with Crippen molar-refractivity contribution in [3.63, 3.8) is 0 Å². The highest BCUT2D eigenvalue weighted by atomic mass is 32.2. The Morgan fingerprint density at radius 2 is 1.11 bits per heavy atom. The summed E-state index contributed by atoms with van der Waals surface area (Å²) in [6, 6.07) is 20.9. The average molecular weight is 398 g/mol. The number of sulfone groups is 1. The Morgan fingerprint density at radius 3 is 1.78 bits per heavy atom. The smallest absolute Gasteiger partial charge is 0.282 e. The van der Waals surface area contributed by atoms with Crippen LogP contribution in [-0.4, -0.2) is 21.4 Å². The molecular formula is C20H14O5S2. The van der Waals surface area contributed by atoms with Crippen LogP contribution in [0.4, 0.5) is 0 Å². The number of fused-ring (bicyclic) bond motifs is 2. The van der Waals surface area contributed by atoms with Crippen molar-refractivity contribution < 1.29 is 21.4 Å². The van der Waals surface area contributed by atoms with Gasteiger partial charge in [-0.1, -0.05) is 66.7 Å². The van der Waals surface area contributed by atoms with E-state index < -0.39 is 29.7 Å². The van der Waals surface area contributed by atoms with E-state index in [0.29, 0.717) is 16.2 Å². The summed E-state index contributed by atoms with van der Waals surface area (Å²) in [5.41, 5.74) is 0. The largest absolute Gasteiger partial charge is 0.295 e. The monoisotopic (exact) mass is 398 g/mol. The molecular weight excluding hydrogens is 384 g/mol. The van der Waals surface area contributed by atoms with Crippen molar-refractivity contribution in [3.8, 4) is 0 Å². The molecule has 136 valence electrons. The number of rotatable bonds is 3. The summed E-state index contributed by atoms with van der Waals surface area (Å²) < 4.78 is 60.6. The van der Waals surface area contributed by atoms with E-state index in [4.69, 9.17) is 0 Å². The molecule has 7 heteroatoms. The second-order valence-electron chi connectivity index (χ2n) is 6.07. The number of benzene rings is 4. The topological polar surface area (TPSA) is 88.5 Å². The fourth-order valence-electron chi connectivity index (χ4n) is 3.24. The van der Waals surface area contributed by atoms with Crippen molar-refractivity contribution in [2.24, 2.45) is 0 Å². The molecule has 27 heavy (non-hydrogen) atoms. The van der Waals surface area contributed by atoms with E-state index >= 15 is 0 Å². The van der Waals surface area contributed by atoms with E-state index in [1.165, 1.54) is 18.2 Å². The summed E-state index contributed by atoms with van der Waals surface area (Å²) in [7, 11) is -8.99. The molecule has 0 aliphatic heterocycles. The van der Waals surface area contributed by atoms with Gasteiger partial charge in [0, 0.05) is 10.8 Å². The van der Waals surface area contributed by atoms with Crippen LogP contribution in [0.3, 0.4) is 0 Å². The van der Waals surface area contributed by atoms with Crippen LogP contribution >= 0.6 is 0 Å². The Labute approximate surface area is 156 Å². The van der Waals surface area contributed by atoms with Crippen molar-refractivity contribution in [3.05, 3.63) is 78.9 Å². The van der Waals surface area contributed by atoms with Crippen LogP contribution < -0.4 is 0 Å². The maximum Gasteiger partial charge on any atom is 0.295 e. The summed E-state index contributed by atoms with van der Waals surface area (Å²) in [4.78, 5) is -1.06. The molecule has 0 unspecified atom stereocenters. The van der Waals surface area contributed by atoms with Crippen LogP contribution in [0.2, 0.25) is 0 Å². The first-order chi connectivity index (χ1) is 12.8. The van der Waals surface area contributed by atoms with E-state index in [0.717, 1.165) is 6.07 Å². The van der Waals surface area contributed by atoms with Gasteiger partial charge < -0.3 is 0 Å². The Kier molecular flexibility index (Phi) is 4.03. The average Bonchev–Trinajstić information content (AvgIpc) is 2.65. The SMILES string of the molecule is O=S(=O)(O)c1ccc2ccccc2c1S(=O)(=O)c1cccc2ccccc12. The third-order valence-electron chi connectivity index (χ3n) is 4.43. The zero-order chi connectivity index (χ0) is 19.2. The summed E-state index contributed by atoms with van der Waals surface area (Å²) in [6.45, 7) is 0. The lowest BCUT2D eigenvalue weighted by Crippen LogP contribution is -2.11. The third kappa shape index (κ3) is 2.90. The summed E-state index contributed by atoms with van der Waals surface area (Å²) in [6.07, 6.45) is 0. The first kappa shape index (κ1) is 17.7. The van der Waals surface area contributed by atoms with Crippen molar-refractivity contribution in [1.29, 1.82) is 0 Å². The van der Waals surface area contributed by atoms with Crippen LogP contribution in [0.5, 0.6) is 0 Å². The molecule has 5 nitrogen and oxygen atoms in total. The quantitative estimate of drug-likeness (QED) is 0.526. The molecule has 0 atom stereocenters. The van der Waals surface area contributed by atoms with Crippen LogP contribution in [0, 0.1) is 0 Å². The molecule has 4 aromatic carbocycles. The van der Waals surface area contributed by atoms with Gasteiger partial charge >= 0.3 is 0 Å². The molecule has 0 aliphatic carbocycles. The van der Waals surface area contributed by atoms with Gasteiger partial charge in [0.1, 0.15) is 9.79 Å². The summed E-state index contributed by atoms with van der Waals surface area (Å²) in [5, 5.41) is 1.99. The highest BCUT2D eigenvalue weighted by Crippen LogP contribution is 2.36. The lowest BCUT2D eigenvalue weighted by Gasteiger charge is -2.14. The molecule has 0 saturated heterocycles. The summed E-state index contributed by atoms with van der Waals surface area (Å²) >= 11 is 0. The first-order valence-electron chi connectivity index (χ1n) is 8.02. The minimum absolute atomic E-state index is 0.0122. The van der Waals surface area contributed by atoms with Gasteiger partial charge in [0.25, 0.3) is 10.1 Å². The molecule has 0 bridgehead atoms. The van der Waals surface area contributed by atoms with E-state index in [-0.39, 0.29) is 10.3 Å². The summed E-state index contributed by atoms with van der Waals surface area (Å²) in [5.74, 6) is 0. The molecule has 4 rings (SSSR count). The molecule has 4 aromatic rings. The van der Waals surface area contributed by atoms with Gasteiger partial charge in [0.2, 0.25) is 9.84 Å². The van der Waals surface area contributed by atoms with Gasteiger partial charge in [-0.3, -0.25) is 4.55 Å². The Bertz CT molecular complexity index is 1400. The highest BCUT2D eigenvalue weighted by Gasteiger charge is 2.30. The zero-order valence-corrected chi connectivity index (χ0v) is 15.5. The molecule has 0 aromatic heterocycles. The maximum atomic E-state index is 13.6. The van der Waals surface area contributed by atoms with Crippen LogP contribution in [0.1, 0.15) is 0 Å². The molecule has 1 N–H and O–H groups in total. The standard InChI is InChI=1S/C20H14O5S2/c21-26(22,18-11-5-8-14-6-1-3-9-16(14)18)20-17-10-4-2-7-15(17)12-13-19(20)27(23,24)25/h1-13H,(H,23,24,25). The fourth-order valence-corrected chi connectivity index (χ4v) is 6.23. The lowest BCUT2D eigenvalue weighted by atomic mass is 10.1. The van der Waals surface area contributed by atoms with E-state index in [1.807, 2.05) is 0 Å². The first-order valence-corrected chi connectivity index (χ1v) is 10.9. The Morgan fingerprint density at radius 1 is 0.556 bits per heavy atom. The molecule has 0 radical (unpaired) electrons. The second kappa shape index (κ2) is 6.16. The lowest BCUT2D eigenvalue weighted by molar-refractivity contribution is 0.480. The minimum atomic E-state index is -4.75. The van der Waals surface area contributed by atoms with Gasteiger partial charge in [-0.15, -0.1) is 0 Å². The predicted molar refractivity (Wildman–Crippen MR) is 103 cm³/mol. The molecule has 0 spiro atoms. The molecule has 0 aliphatic rings. The van der Waals surface area contributed by atoms with Crippen molar-refractivity contribution in [2.75, 3.05) is 0 Å². The van der Waals surface area contributed by atoms with E-state index in [1.54, 1.807) is 54.6 Å². The maximum absolute atomic E-state index is 13.6. The van der Waals surface area contributed by atoms with E-state index in [9.17, 15) is 21.4 Å². The third-order valence-corrected chi connectivity index (χ3v) is 7.37. The fraction of sp³-hybridized carbons (Fsp3) is 0. The highest BCUT2D eigenvalue weighted by molar-refractivity contribution is 7.93. The molecule has 0 heterocycles. The van der Waals surface area contributed by atoms with Crippen molar-refractivity contribution >= 4 is 41.5 Å². The van der Waals surface area contributed by atoms with Gasteiger partial charge in [0.15, 0.2) is 0 Å². The molecule has 0 fully saturated rings. The van der Waals surface area contributed by atoms with Gasteiger partial charge in [0.05, 0.1) is 4.90 Å². The Balaban J connectivity index is 2.18. The van der Waals surface area contributed by atoms with E-state index in [2.05, 4.69) is 0 Å². The van der Waals surface area contributed by atoms with Crippen LogP contribution in [0.15, 0.2) is 93.5 Å². The van der Waals surface area contributed by atoms with Gasteiger partial charge in [-0.25, -0.2) is 8.42 Å². The van der Waals surface area contributed by atoms with Crippen molar-refractivity contribution in [1.82, 2.24) is 0 Å². The van der Waals surface area contributed by atoms with Crippen molar-refractivity contribution in [2.45, 2.75) is 14.7 Å². The number of hydrogen-bond donors (Lipinski definition) is 1. The van der Waals surface area contributed by atoms with Gasteiger partial charge in [-0.05, 0) is 22.9 Å².